The van der Waals surface area contributed by atoms with Crippen molar-refractivity contribution in [1.82, 2.24) is 0 Å². The Balaban J connectivity index is 3.58. The van der Waals surface area contributed by atoms with Crippen LogP contribution in [0.25, 0.3) is 0 Å². The maximum Gasteiger partial charge on any atom is 0.164 e. The molecule has 0 saturated carbocycles. The van der Waals surface area contributed by atoms with Gasteiger partial charge >= 0.3 is 0 Å². The first-order valence-electron chi connectivity index (χ1n) is 2.96. The first kappa shape index (κ1) is 7.92. The molecule has 2 heteroatoms. The van der Waals surface area contributed by atoms with Gasteiger partial charge in [0.2, 0.25) is 0 Å². The SMILES string of the molecule is CCC(O)(CC)OC. The minimum Gasteiger partial charge on any atom is -0.365 e. The highest BCUT2D eigenvalue weighted by Crippen LogP contribution is 2.13. The van der Waals surface area contributed by atoms with Crippen LogP contribution in [0.5, 0.6) is 0 Å². The highest BCUT2D eigenvalue weighted by Gasteiger charge is 2.19. The minimum atomic E-state index is -0.875. The molecule has 0 aliphatic heterocycles. The average Bonchev–Trinajstić information content (AvgIpc) is 1.87. The number of methoxy groups -OCH3 is 1. The van der Waals surface area contributed by atoms with Crippen molar-refractivity contribution >= 4 is 0 Å². The van der Waals surface area contributed by atoms with Crippen molar-refractivity contribution < 1.29 is 9.84 Å². The monoisotopic (exact) mass is 118 g/mol. The molecule has 0 rings (SSSR count). The van der Waals surface area contributed by atoms with Gasteiger partial charge in [0, 0.05) is 7.11 Å². The maximum atomic E-state index is 9.22. The van der Waals surface area contributed by atoms with Crippen LogP contribution in [0.4, 0.5) is 0 Å². The average molecular weight is 118 g/mol. The Labute approximate surface area is 50.5 Å². The lowest BCUT2D eigenvalue weighted by Crippen LogP contribution is -2.28. The first-order chi connectivity index (χ1) is 3.68. The van der Waals surface area contributed by atoms with Crippen LogP contribution < -0.4 is 0 Å². The van der Waals surface area contributed by atoms with E-state index in [4.69, 9.17) is 4.74 Å². The van der Waals surface area contributed by atoms with E-state index in [2.05, 4.69) is 0 Å². The highest BCUT2D eigenvalue weighted by molar-refractivity contribution is 4.59. The van der Waals surface area contributed by atoms with Gasteiger partial charge in [-0.05, 0) is 12.8 Å². The second-order valence-corrected chi connectivity index (χ2v) is 1.86. The molecule has 50 valence electrons. The molecule has 0 aromatic heterocycles. The first-order valence-corrected chi connectivity index (χ1v) is 2.96. The summed E-state index contributed by atoms with van der Waals surface area (Å²) in [7, 11) is 1.52. The van der Waals surface area contributed by atoms with Crippen LogP contribution in [0, 0.1) is 0 Å². The molecule has 0 aliphatic carbocycles. The molecule has 0 bridgehead atoms. The Bertz CT molecular complexity index is 49.3. The van der Waals surface area contributed by atoms with Crippen molar-refractivity contribution in [2.24, 2.45) is 0 Å². The van der Waals surface area contributed by atoms with Gasteiger partial charge in [-0.3, -0.25) is 0 Å². The van der Waals surface area contributed by atoms with Crippen molar-refractivity contribution in [3.63, 3.8) is 0 Å². The van der Waals surface area contributed by atoms with Crippen LogP contribution in [0.2, 0.25) is 0 Å². The van der Waals surface area contributed by atoms with Crippen LogP contribution >= 0.6 is 0 Å². The predicted octanol–water partition coefficient (Wildman–Crippen LogP) is 1.14. The summed E-state index contributed by atoms with van der Waals surface area (Å²) in [6.07, 6.45) is 1.31. The van der Waals surface area contributed by atoms with Crippen molar-refractivity contribution in [1.29, 1.82) is 0 Å². The molecule has 1 N–H and O–H groups in total. The molecular weight excluding hydrogens is 104 g/mol. The van der Waals surface area contributed by atoms with Gasteiger partial charge in [0.15, 0.2) is 5.79 Å². The fourth-order valence-corrected chi connectivity index (χ4v) is 0.539. The Morgan fingerprint density at radius 3 is 1.75 bits per heavy atom. The molecule has 0 aromatic carbocycles. The van der Waals surface area contributed by atoms with Crippen molar-refractivity contribution in [2.45, 2.75) is 32.5 Å². The van der Waals surface area contributed by atoms with Crippen LogP contribution in [-0.4, -0.2) is 18.0 Å². The van der Waals surface area contributed by atoms with Crippen LogP contribution in [0.1, 0.15) is 26.7 Å². The van der Waals surface area contributed by atoms with Crippen LogP contribution in [0.3, 0.4) is 0 Å². The lowest BCUT2D eigenvalue weighted by atomic mass is 10.1. The molecule has 0 fully saturated rings. The molecule has 0 saturated heterocycles. The van der Waals surface area contributed by atoms with E-state index in [9.17, 15) is 5.11 Å². The van der Waals surface area contributed by atoms with E-state index in [0.29, 0.717) is 12.8 Å². The predicted molar refractivity (Wildman–Crippen MR) is 32.5 cm³/mol. The summed E-state index contributed by atoms with van der Waals surface area (Å²) in [5, 5.41) is 9.22. The van der Waals surface area contributed by atoms with E-state index < -0.39 is 5.79 Å². The number of aliphatic hydroxyl groups is 1. The zero-order valence-electron chi connectivity index (χ0n) is 5.77. The third-order valence-electron chi connectivity index (χ3n) is 1.48. The lowest BCUT2D eigenvalue weighted by molar-refractivity contribution is -0.188. The number of hydrogen-bond acceptors (Lipinski definition) is 2. The molecule has 0 radical (unpaired) electrons. The summed E-state index contributed by atoms with van der Waals surface area (Å²) < 4.78 is 4.79. The zero-order chi connectivity index (χ0) is 6.62. The fraction of sp³-hybridized carbons (Fsp3) is 1.00. The van der Waals surface area contributed by atoms with Gasteiger partial charge in [-0.1, -0.05) is 13.8 Å². The normalized spacial score (nSPS) is 12.0. The summed E-state index contributed by atoms with van der Waals surface area (Å²) in [4.78, 5) is 0. The van der Waals surface area contributed by atoms with Gasteiger partial charge in [0.05, 0.1) is 0 Å². The summed E-state index contributed by atoms with van der Waals surface area (Å²) in [5.74, 6) is -0.875. The van der Waals surface area contributed by atoms with Gasteiger partial charge in [0.25, 0.3) is 0 Å². The van der Waals surface area contributed by atoms with Crippen molar-refractivity contribution in [2.75, 3.05) is 7.11 Å². The lowest BCUT2D eigenvalue weighted by Gasteiger charge is -2.22. The van der Waals surface area contributed by atoms with E-state index in [1.54, 1.807) is 0 Å². The molecular formula is C6H14O2. The smallest absolute Gasteiger partial charge is 0.164 e. The van der Waals surface area contributed by atoms with E-state index in [1.165, 1.54) is 7.11 Å². The maximum absolute atomic E-state index is 9.22. The zero-order valence-corrected chi connectivity index (χ0v) is 5.77. The van der Waals surface area contributed by atoms with E-state index in [-0.39, 0.29) is 0 Å². The Hall–Kier alpha value is -0.0800. The van der Waals surface area contributed by atoms with E-state index in [1.807, 2.05) is 13.8 Å². The largest absolute Gasteiger partial charge is 0.365 e. The van der Waals surface area contributed by atoms with Crippen molar-refractivity contribution in [3.05, 3.63) is 0 Å². The van der Waals surface area contributed by atoms with Gasteiger partial charge in [-0.25, -0.2) is 0 Å². The topological polar surface area (TPSA) is 29.5 Å². The summed E-state index contributed by atoms with van der Waals surface area (Å²) >= 11 is 0. The number of ether oxygens (including phenoxy) is 1. The summed E-state index contributed by atoms with van der Waals surface area (Å²) in [5.41, 5.74) is 0. The van der Waals surface area contributed by atoms with Gasteiger partial charge in [-0.2, -0.15) is 0 Å². The summed E-state index contributed by atoms with van der Waals surface area (Å²) in [6.45, 7) is 3.79. The molecule has 8 heavy (non-hydrogen) atoms. The Morgan fingerprint density at radius 2 is 1.75 bits per heavy atom. The number of rotatable bonds is 3. The minimum absolute atomic E-state index is 0.653. The van der Waals surface area contributed by atoms with Gasteiger partial charge in [-0.15, -0.1) is 0 Å². The second kappa shape index (κ2) is 3.05. The molecule has 0 spiro atoms. The van der Waals surface area contributed by atoms with Gasteiger partial charge < -0.3 is 9.84 Å². The third kappa shape index (κ3) is 1.80. The second-order valence-electron chi connectivity index (χ2n) is 1.86. The molecule has 2 nitrogen and oxygen atoms in total. The quantitative estimate of drug-likeness (QED) is 0.563. The fourth-order valence-electron chi connectivity index (χ4n) is 0.539. The van der Waals surface area contributed by atoms with Crippen LogP contribution in [0.15, 0.2) is 0 Å². The van der Waals surface area contributed by atoms with Gasteiger partial charge in [0.1, 0.15) is 0 Å². The Morgan fingerprint density at radius 1 is 1.38 bits per heavy atom. The van der Waals surface area contributed by atoms with E-state index >= 15 is 0 Å². The molecule has 0 unspecified atom stereocenters. The molecule has 0 aromatic rings. The molecule has 0 aliphatic rings. The molecule has 0 heterocycles. The van der Waals surface area contributed by atoms with E-state index in [0.717, 1.165) is 0 Å². The molecule has 0 atom stereocenters. The standard InChI is InChI=1S/C6H14O2/c1-4-6(7,5-2)8-3/h7H,4-5H2,1-3H3. The Kier molecular flexibility index (Phi) is 3.02. The summed E-state index contributed by atoms with van der Waals surface area (Å²) in [6, 6.07) is 0. The third-order valence-corrected chi connectivity index (χ3v) is 1.48. The number of hydrogen-bond donors (Lipinski definition) is 1. The van der Waals surface area contributed by atoms with Crippen LogP contribution in [-0.2, 0) is 4.74 Å². The molecule has 0 amide bonds. The highest BCUT2D eigenvalue weighted by atomic mass is 16.6. The van der Waals surface area contributed by atoms with Crippen molar-refractivity contribution in [3.8, 4) is 0 Å².